The van der Waals surface area contributed by atoms with Crippen LogP contribution >= 0.6 is 0 Å². The van der Waals surface area contributed by atoms with Crippen LogP contribution in [0, 0.1) is 12.1 Å². The standard InChI is InChI=1S/C39H25N5O.Pt/c1-42-23-22-41-39(42)26-10-8-11-27(24-26)43(34-16-9-14-32-31-13-3-5-17-36(31)45-38(32)34)28-19-20-30-29-12-2-4-15-33(29)44(35(30)25-28)37-18-6-7-21-40-37;/h2-23H,1H3;/q-2;+2. The number of hydrogen-bond acceptors (Lipinski definition) is 4. The topological polar surface area (TPSA) is 52.0 Å². The van der Waals surface area contributed by atoms with E-state index in [2.05, 4.69) is 93.3 Å². The maximum absolute atomic E-state index is 6.56. The van der Waals surface area contributed by atoms with Gasteiger partial charge >= 0.3 is 21.1 Å². The number of hydrogen-bond donors (Lipinski definition) is 0. The van der Waals surface area contributed by atoms with Crippen LogP contribution in [-0.2, 0) is 28.1 Å². The summed E-state index contributed by atoms with van der Waals surface area (Å²) in [5.74, 6) is 1.68. The van der Waals surface area contributed by atoms with Gasteiger partial charge in [-0.15, -0.1) is 47.3 Å². The second-order valence-corrected chi connectivity index (χ2v) is 11.0. The van der Waals surface area contributed by atoms with E-state index < -0.39 is 0 Å². The fourth-order valence-corrected chi connectivity index (χ4v) is 6.38. The first-order chi connectivity index (χ1) is 22.2. The number of aromatic nitrogens is 4. The predicted molar refractivity (Wildman–Crippen MR) is 180 cm³/mol. The second-order valence-electron chi connectivity index (χ2n) is 11.0. The van der Waals surface area contributed by atoms with E-state index in [0.717, 1.165) is 78.0 Å². The van der Waals surface area contributed by atoms with E-state index in [1.165, 1.54) is 0 Å². The van der Waals surface area contributed by atoms with E-state index in [4.69, 9.17) is 9.40 Å². The van der Waals surface area contributed by atoms with E-state index in [0.29, 0.717) is 0 Å². The summed E-state index contributed by atoms with van der Waals surface area (Å²) in [6.07, 6.45) is 5.58. The maximum atomic E-state index is 6.56. The average molecular weight is 775 g/mol. The summed E-state index contributed by atoms with van der Waals surface area (Å²) in [6, 6.07) is 46.8. The molecule has 5 aromatic carbocycles. The Balaban J connectivity index is 0.00000312. The third-order valence-electron chi connectivity index (χ3n) is 8.39. The van der Waals surface area contributed by atoms with Crippen molar-refractivity contribution in [3.05, 3.63) is 146 Å². The molecule has 4 aromatic heterocycles. The van der Waals surface area contributed by atoms with Crippen molar-refractivity contribution in [2.75, 3.05) is 4.90 Å². The molecule has 0 radical (unpaired) electrons. The number of para-hydroxylation sites is 3. The molecule has 0 saturated heterocycles. The van der Waals surface area contributed by atoms with E-state index in [1.54, 1.807) is 6.20 Å². The van der Waals surface area contributed by atoms with Gasteiger partial charge in [0.2, 0.25) is 0 Å². The van der Waals surface area contributed by atoms with Crippen molar-refractivity contribution in [3.63, 3.8) is 0 Å². The molecule has 0 atom stereocenters. The quantitative estimate of drug-likeness (QED) is 0.164. The Kier molecular flexibility index (Phi) is 6.81. The van der Waals surface area contributed by atoms with Crippen LogP contribution < -0.4 is 4.90 Å². The Hall–Kier alpha value is -5.45. The molecule has 0 saturated carbocycles. The van der Waals surface area contributed by atoms with Crippen LogP contribution in [0.4, 0.5) is 17.1 Å². The van der Waals surface area contributed by atoms with Crippen LogP contribution in [0.15, 0.2) is 138 Å². The predicted octanol–water partition coefficient (Wildman–Crippen LogP) is 9.55. The van der Waals surface area contributed by atoms with Gasteiger partial charge < -0.3 is 18.5 Å². The van der Waals surface area contributed by atoms with Gasteiger partial charge in [0.1, 0.15) is 11.4 Å². The van der Waals surface area contributed by atoms with E-state index in [-0.39, 0.29) is 21.1 Å². The molecule has 0 N–H and O–H groups in total. The Morgan fingerprint density at radius 3 is 2.28 bits per heavy atom. The van der Waals surface area contributed by atoms with Crippen LogP contribution in [0.3, 0.4) is 0 Å². The number of rotatable bonds is 5. The minimum Gasteiger partial charge on any atom is -0.454 e. The first kappa shape index (κ1) is 28.1. The van der Waals surface area contributed by atoms with Crippen LogP contribution in [-0.4, -0.2) is 19.1 Å². The Bertz CT molecular complexity index is 2530. The zero-order chi connectivity index (χ0) is 29.9. The molecule has 6 nitrogen and oxygen atoms in total. The number of pyridine rings is 1. The van der Waals surface area contributed by atoms with Crippen molar-refractivity contribution in [2.45, 2.75) is 0 Å². The number of anilines is 3. The molecular formula is C39H25N5OPt. The van der Waals surface area contributed by atoms with E-state index in [9.17, 15) is 0 Å². The molecule has 0 amide bonds. The number of fused-ring (bicyclic) bond motifs is 6. The molecule has 9 aromatic rings. The maximum Gasteiger partial charge on any atom is 2.00 e. The normalized spacial score (nSPS) is 11.4. The van der Waals surface area contributed by atoms with Gasteiger partial charge in [-0.05, 0) is 41.4 Å². The molecule has 9 rings (SSSR count). The molecule has 0 bridgehead atoms. The minimum atomic E-state index is 0. The van der Waals surface area contributed by atoms with Crippen molar-refractivity contribution >= 4 is 60.8 Å². The summed E-state index contributed by atoms with van der Waals surface area (Å²) < 4.78 is 10.7. The van der Waals surface area contributed by atoms with Crippen LogP contribution in [0.5, 0.6) is 0 Å². The molecule has 0 aliphatic heterocycles. The molecule has 222 valence electrons. The van der Waals surface area contributed by atoms with Crippen molar-refractivity contribution in [1.82, 2.24) is 19.1 Å². The number of nitrogens with zero attached hydrogens (tertiary/aromatic N) is 5. The zero-order valence-electron chi connectivity index (χ0n) is 24.7. The molecule has 4 heterocycles. The van der Waals surface area contributed by atoms with Gasteiger partial charge in [0.15, 0.2) is 5.58 Å². The molecule has 0 unspecified atom stereocenters. The van der Waals surface area contributed by atoms with Gasteiger partial charge in [0.05, 0.1) is 11.5 Å². The average Bonchev–Trinajstić information content (AvgIpc) is 3.79. The summed E-state index contributed by atoms with van der Waals surface area (Å²) in [7, 11) is 1.99. The van der Waals surface area contributed by atoms with Gasteiger partial charge in [-0.1, -0.05) is 65.8 Å². The van der Waals surface area contributed by atoms with Gasteiger partial charge in [0.25, 0.3) is 0 Å². The third kappa shape index (κ3) is 4.37. The van der Waals surface area contributed by atoms with Gasteiger partial charge in [-0.25, -0.2) is 4.98 Å². The first-order valence-electron chi connectivity index (χ1n) is 14.8. The molecular weight excluding hydrogens is 750 g/mol. The third-order valence-corrected chi connectivity index (χ3v) is 8.39. The van der Waals surface area contributed by atoms with Crippen molar-refractivity contribution in [3.8, 4) is 17.2 Å². The molecule has 0 aliphatic carbocycles. The summed E-state index contributed by atoms with van der Waals surface area (Å²) in [6.45, 7) is 0. The van der Waals surface area contributed by atoms with Crippen LogP contribution in [0.2, 0.25) is 0 Å². The van der Waals surface area contributed by atoms with Crippen molar-refractivity contribution in [2.24, 2.45) is 7.05 Å². The van der Waals surface area contributed by atoms with Crippen molar-refractivity contribution < 1.29 is 25.5 Å². The molecule has 7 heteroatoms. The number of imidazole rings is 1. The smallest absolute Gasteiger partial charge is 0.454 e. The molecule has 46 heavy (non-hydrogen) atoms. The summed E-state index contributed by atoms with van der Waals surface area (Å²) in [5.41, 5.74) is 7.15. The van der Waals surface area contributed by atoms with Crippen LogP contribution in [0.1, 0.15) is 0 Å². The Morgan fingerprint density at radius 1 is 0.652 bits per heavy atom. The molecule has 0 aliphatic rings. The van der Waals surface area contributed by atoms with Gasteiger partial charge in [0, 0.05) is 41.9 Å². The Labute approximate surface area is 279 Å². The number of furan rings is 1. The van der Waals surface area contributed by atoms with Crippen LogP contribution in [0.25, 0.3) is 61.0 Å². The Morgan fingerprint density at radius 2 is 1.43 bits per heavy atom. The summed E-state index contributed by atoms with van der Waals surface area (Å²) in [5, 5.41) is 4.38. The number of aryl methyl sites for hydroxylation is 1. The van der Waals surface area contributed by atoms with E-state index in [1.807, 2.05) is 72.5 Å². The summed E-state index contributed by atoms with van der Waals surface area (Å²) in [4.78, 5) is 11.5. The monoisotopic (exact) mass is 774 g/mol. The van der Waals surface area contributed by atoms with E-state index >= 15 is 0 Å². The zero-order valence-corrected chi connectivity index (χ0v) is 26.9. The molecule has 0 spiro atoms. The fourth-order valence-electron chi connectivity index (χ4n) is 6.38. The second kappa shape index (κ2) is 11.2. The molecule has 0 fully saturated rings. The number of benzene rings is 5. The SMILES string of the molecule is Cn1ccnc1-c1[c-]c(N(c2[c-]c3c(cc2)c2ccccc2n3-c2ccccn2)c2cccc3c2oc2ccccc23)ccc1.[Pt+2]. The minimum absolute atomic E-state index is 0. The van der Waals surface area contributed by atoms with Crippen molar-refractivity contribution in [1.29, 1.82) is 0 Å². The largest absolute Gasteiger partial charge is 2.00 e. The first-order valence-corrected chi connectivity index (χ1v) is 14.8. The van der Waals surface area contributed by atoms with Gasteiger partial charge in [-0.3, -0.25) is 4.98 Å². The summed E-state index contributed by atoms with van der Waals surface area (Å²) >= 11 is 0. The fraction of sp³-hybridized carbons (Fsp3) is 0.0256. The van der Waals surface area contributed by atoms with Gasteiger partial charge in [-0.2, -0.15) is 6.07 Å².